The van der Waals surface area contributed by atoms with Crippen LogP contribution < -0.4 is 36.6 Å². The molecule has 0 saturated heterocycles. The first kappa shape index (κ1) is 55.1. The first-order valence-corrected chi connectivity index (χ1v) is 24.1. The quantitative estimate of drug-likeness (QED) is 0.0385. The number of hydrogen-bond donors (Lipinski definition) is 7. The third-order valence-electron chi connectivity index (χ3n) is 10.8. The van der Waals surface area contributed by atoms with E-state index in [9.17, 15) is 64.3 Å². The number of rotatable bonds is 24. The largest absolute Gasteiger partial charge is 0.344 e. The van der Waals surface area contributed by atoms with Crippen molar-refractivity contribution in [3.05, 3.63) is 59.7 Å². The molecule has 7 amide bonds. The molecule has 2 heterocycles. The smallest absolute Gasteiger partial charge is 0.293 e. The van der Waals surface area contributed by atoms with E-state index in [1.54, 1.807) is 13.8 Å². The fourth-order valence-corrected chi connectivity index (χ4v) is 8.98. The van der Waals surface area contributed by atoms with Crippen LogP contribution in [0.4, 0.5) is 22.7 Å². The number of hydrogen-bond acceptors (Lipinski definition) is 15. The summed E-state index contributed by atoms with van der Waals surface area (Å²) < 4.78 is 81.1. The van der Waals surface area contributed by atoms with Gasteiger partial charge in [0, 0.05) is 30.4 Å². The normalized spacial score (nSPS) is 15.2. The molecule has 1 fully saturated rings. The molecule has 69 heavy (non-hydrogen) atoms. The van der Waals surface area contributed by atoms with Crippen molar-refractivity contribution >= 4 is 73.6 Å². The van der Waals surface area contributed by atoms with Gasteiger partial charge in [-0.25, -0.2) is 27.3 Å². The van der Waals surface area contributed by atoms with Crippen LogP contribution in [-0.4, -0.2) is 113 Å². The molecule has 0 bridgehead atoms. The summed E-state index contributed by atoms with van der Waals surface area (Å²) in [5, 5.41) is 20.3. The minimum atomic E-state index is -4.84. The number of sulfonamides is 1. The fourth-order valence-electron chi connectivity index (χ4n) is 7.10. The van der Waals surface area contributed by atoms with E-state index in [1.807, 2.05) is 19.2 Å². The molecule has 0 radical (unpaired) electrons. The van der Waals surface area contributed by atoms with Crippen molar-refractivity contribution in [3.8, 4) is 0 Å². The van der Waals surface area contributed by atoms with E-state index in [0.29, 0.717) is 37.5 Å². The highest BCUT2D eigenvalue weighted by Crippen LogP contribution is 2.28. The SMILES string of the molecule is CCC(C)C(NC(=O)C(CC(C)C)NC(=O)c1cnccn1)C(=O)NC(CC1CCCCC1)C(=O)NC(CC(F)F)C(=O)C(=O)NCC(=O)NS(=O)(=O)c1nnc(NC(=O)c2cc(F)cc(F)c2)s1. The van der Waals surface area contributed by atoms with Gasteiger partial charge in [0.1, 0.15) is 41.5 Å². The predicted molar refractivity (Wildman–Crippen MR) is 237 cm³/mol. The van der Waals surface area contributed by atoms with Gasteiger partial charge in [0.2, 0.25) is 35.1 Å². The lowest BCUT2D eigenvalue weighted by molar-refractivity contribution is -0.141. The standard InChI is InChI=1S/C42H53F4N11O10S2/c1-5-22(4)33(53-37(62)28(13-21(2)3)51-38(63)30-19-47-11-12-48-30)39(64)52-29(14-23-9-7-6-8-10-23)36(61)50-27(18-31(45)46)34(59)40(65)49-20-32(58)57-69(66,67)42-56-55-41(68-42)54-35(60)24-15-25(43)17-26(44)16-24/h11-12,15-17,19,21-23,27-29,31,33H,5-10,13-14,18,20H2,1-4H3,(H,49,65)(H,50,61)(H,51,63)(H,52,64)(H,53,62)(H,57,58)(H,54,55,60). The minimum absolute atomic E-state index is 0.00517. The summed E-state index contributed by atoms with van der Waals surface area (Å²) in [6.07, 6.45) is 3.59. The van der Waals surface area contributed by atoms with Gasteiger partial charge < -0.3 is 26.6 Å². The van der Waals surface area contributed by atoms with Crippen LogP contribution in [0.1, 0.15) is 106 Å². The molecule has 27 heteroatoms. The summed E-state index contributed by atoms with van der Waals surface area (Å²) in [5.74, 6) is -12.1. The molecule has 0 aliphatic heterocycles. The Morgan fingerprint density at radius 2 is 1.43 bits per heavy atom. The Morgan fingerprint density at radius 3 is 2.04 bits per heavy atom. The van der Waals surface area contributed by atoms with Gasteiger partial charge >= 0.3 is 0 Å². The van der Waals surface area contributed by atoms with Crippen molar-refractivity contribution in [3.63, 3.8) is 0 Å². The second kappa shape index (κ2) is 25.7. The molecule has 21 nitrogen and oxygen atoms in total. The zero-order valence-electron chi connectivity index (χ0n) is 37.9. The Bertz CT molecular complexity index is 2420. The molecule has 1 aromatic carbocycles. The number of carbonyl (C=O) groups excluding carboxylic acids is 8. The Balaban J connectivity index is 1.44. The van der Waals surface area contributed by atoms with Crippen molar-refractivity contribution in [2.45, 2.75) is 120 Å². The highest BCUT2D eigenvalue weighted by Gasteiger charge is 2.37. The van der Waals surface area contributed by atoms with E-state index in [1.165, 1.54) is 23.3 Å². The van der Waals surface area contributed by atoms with E-state index >= 15 is 0 Å². The first-order chi connectivity index (χ1) is 32.6. The highest BCUT2D eigenvalue weighted by atomic mass is 32.2. The average molecular weight is 1010 g/mol. The molecule has 1 aliphatic rings. The van der Waals surface area contributed by atoms with Crippen LogP contribution in [0.2, 0.25) is 0 Å². The van der Waals surface area contributed by atoms with Crippen molar-refractivity contribution in [1.82, 2.24) is 51.5 Å². The zero-order chi connectivity index (χ0) is 51.0. The van der Waals surface area contributed by atoms with Gasteiger partial charge in [-0.3, -0.25) is 48.7 Å². The monoisotopic (exact) mass is 1010 g/mol. The predicted octanol–water partition coefficient (Wildman–Crippen LogP) is 2.32. The number of nitrogens with zero attached hydrogens (tertiary/aromatic N) is 4. The van der Waals surface area contributed by atoms with Crippen molar-refractivity contribution in [1.29, 1.82) is 0 Å². The molecule has 5 unspecified atom stereocenters. The Labute approximate surface area is 398 Å². The first-order valence-electron chi connectivity index (χ1n) is 21.8. The Morgan fingerprint density at radius 1 is 0.783 bits per heavy atom. The highest BCUT2D eigenvalue weighted by molar-refractivity contribution is 7.92. The molecular weight excluding hydrogens is 959 g/mol. The summed E-state index contributed by atoms with van der Waals surface area (Å²) >= 11 is 0.225. The molecule has 7 N–H and O–H groups in total. The maximum atomic E-state index is 14.1. The Kier molecular flexibility index (Phi) is 20.6. The van der Waals surface area contributed by atoms with Crippen LogP contribution in [-0.2, 0) is 38.8 Å². The van der Waals surface area contributed by atoms with Gasteiger partial charge in [-0.05, 0) is 42.7 Å². The number of anilines is 1. The number of nitrogens with one attached hydrogen (secondary N) is 7. The summed E-state index contributed by atoms with van der Waals surface area (Å²) in [4.78, 5) is 114. The number of amides is 7. The molecule has 376 valence electrons. The molecule has 4 rings (SSSR count). The molecule has 0 spiro atoms. The van der Waals surface area contributed by atoms with Gasteiger partial charge in [-0.15, -0.1) is 10.2 Å². The topological polar surface area (TPSA) is 306 Å². The number of Topliss-reactive ketones (excluding diaryl/α,β-unsaturated/α-hetero) is 1. The van der Waals surface area contributed by atoms with Gasteiger partial charge in [-0.2, -0.15) is 8.42 Å². The second-order valence-corrected chi connectivity index (χ2v) is 19.5. The van der Waals surface area contributed by atoms with Crippen LogP contribution in [0, 0.1) is 29.4 Å². The summed E-state index contributed by atoms with van der Waals surface area (Å²) in [6.45, 7) is 5.84. The maximum Gasteiger partial charge on any atom is 0.293 e. The molecule has 1 saturated carbocycles. The summed E-state index contributed by atoms with van der Waals surface area (Å²) in [7, 11) is -4.84. The number of carbonyl (C=O) groups is 8. The lowest BCUT2D eigenvalue weighted by Crippen LogP contribution is -2.60. The van der Waals surface area contributed by atoms with E-state index in [2.05, 4.69) is 46.7 Å². The zero-order valence-corrected chi connectivity index (χ0v) is 39.5. The molecule has 2 aromatic heterocycles. The second-order valence-electron chi connectivity index (χ2n) is 16.7. The lowest BCUT2D eigenvalue weighted by Gasteiger charge is -2.31. The molecule has 5 atom stereocenters. The number of aromatic nitrogens is 4. The third kappa shape index (κ3) is 17.2. The van der Waals surface area contributed by atoms with Gasteiger partial charge in [-0.1, -0.05) is 77.6 Å². The molecule has 1 aliphatic carbocycles. The van der Waals surface area contributed by atoms with Crippen molar-refractivity contribution in [2.24, 2.45) is 17.8 Å². The number of alkyl halides is 2. The van der Waals surface area contributed by atoms with Crippen LogP contribution in [0.3, 0.4) is 0 Å². The van der Waals surface area contributed by atoms with Gasteiger partial charge in [0.15, 0.2) is 0 Å². The number of halogens is 4. The average Bonchev–Trinajstić information content (AvgIpc) is 3.78. The molecule has 3 aromatic rings. The summed E-state index contributed by atoms with van der Waals surface area (Å²) in [5.41, 5.74) is -0.528. The van der Waals surface area contributed by atoms with Crippen LogP contribution in [0.5, 0.6) is 0 Å². The third-order valence-corrected chi connectivity index (χ3v) is 13.3. The maximum absolute atomic E-state index is 14.1. The minimum Gasteiger partial charge on any atom is -0.344 e. The van der Waals surface area contributed by atoms with Crippen LogP contribution >= 0.6 is 11.3 Å². The number of benzene rings is 1. The lowest BCUT2D eigenvalue weighted by atomic mass is 9.84. The van der Waals surface area contributed by atoms with Crippen molar-refractivity contribution < 1.29 is 64.3 Å². The number of ketones is 1. The Hall–Kier alpha value is -6.51. The van der Waals surface area contributed by atoms with Crippen molar-refractivity contribution in [2.75, 3.05) is 11.9 Å². The van der Waals surface area contributed by atoms with Crippen LogP contribution in [0.15, 0.2) is 41.1 Å². The van der Waals surface area contributed by atoms with E-state index < -0.39 is 133 Å². The van der Waals surface area contributed by atoms with E-state index in [4.69, 9.17) is 0 Å². The van der Waals surface area contributed by atoms with Crippen LogP contribution in [0.25, 0.3) is 0 Å². The summed E-state index contributed by atoms with van der Waals surface area (Å²) in [6, 6.07) is -4.16. The molecular formula is C42H53F4N11O10S2. The van der Waals surface area contributed by atoms with Gasteiger partial charge in [0.25, 0.3) is 38.0 Å². The van der Waals surface area contributed by atoms with E-state index in [-0.39, 0.29) is 41.7 Å². The van der Waals surface area contributed by atoms with Gasteiger partial charge in [0.05, 0.1) is 12.7 Å². The fraction of sp³-hybridized carbons (Fsp3) is 0.524. The van der Waals surface area contributed by atoms with E-state index in [0.717, 1.165) is 19.3 Å².